The monoisotopic (exact) mass is 449 g/mol. The molecule has 0 bridgehead atoms. The van der Waals surface area contributed by atoms with Gasteiger partial charge in [0.2, 0.25) is 17.8 Å². The van der Waals surface area contributed by atoms with E-state index in [4.69, 9.17) is 9.47 Å². The number of anilines is 4. The number of aromatic amines is 1. The smallest absolute Gasteiger partial charge is 0.258 e. The van der Waals surface area contributed by atoms with E-state index in [9.17, 15) is 14.4 Å². The predicted molar refractivity (Wildman–Crippen MR) is 123 cm³/mol. The minimum absolute atomic E-state index is 0.0370. The third-order valence-electron chi connectivity index (χ3n) is 5.33. The van der Waals surface area contributed by atoms with Gasteiger partial charge in [-0.2, -0.15) is 4.98 Å². The summed E-state index contributed by atoms with van der Waals surface area (Å²) in [6.07, 6.45) is -0.175. The van der Waals surface area contributed by atoms with Crippen LogP contribution in [0.5, 0.6) is 11.5 Å². The molecule has 1 aromatic heterocycles. The molecule has 2 heterocycles. The number of amides is 2. The number of benzene rings is 2. The first-order valence-corrected chi connectivity index (χ1v) is 10.2. The largest absolute Gasteiger partial charge is 0.497 e. The Hall–Kier alpha value is -4.34. The maximum absolute atomic E-state index is 13.1. The third kappa shape index (κ3) is 4.49. The molecular formula is C23H23N5O5. The van der Waals surface area contributed by atoms with Crippen molar-refractivity contribution in [2.75, 3.05) is 30.2 Å². The number of rotatable bonds is 6. The summed E-state index contributed by atoms with van der Waals surface area (Å²) in [6.45, 7) is 1.83. The summed E-state index contributed by atoms with van der Waals surface area (Å²) in [4.78, 5) is 45.4. The second-order valence-corrected chi connectivity index (χ2v) is 7.48. The summed E-state index contributed by atoms with van der Waals surface area (Å²) < 4.78 is 10.5. The molecule has 1 atom stereocenters. The number of ether oxygens (including phenoxy) is 2. The Balaban J connectivity index is 1.65. The highest BCUT2D eigenvalue weighted by molar-refractivity contribution is 6.04. The van der Waals surface area contributed by atoms with Gasteiger partial charge in [-0.25, -0.2) is 0 Å². The molecule has 10 heteroatoms. The number of nitrogens with zero attached hydrogens (tertiary/aromatic N) is 1. The standard InChI is InChI=1S/C23H23N5O5/c1-12-8-9-13(32-2)10-16(12)24-21(30)14-11-18(29)26-20-19(14)22(31)28-23(27-20)25-15-6-4-5-7-17(15)33-3/h4-10,14H,11H2,1-3H3,(H,24,30)(H3,25,26,27,28,29,31)/t14-/m1/s1. The summed E-state index contributed by atoms with van der Waals surface area (Å²) in [7, 11) is 3.05. The van der Waals surface area contributed by atoms with Crippen molar-refractivity contribution in [1.29, 1.82) is 0 Å². The zero-order valence-corrected chi connectivity index (χ0v) is 18.3. The number of methoxy groups -OCH3 is 2. The Labute approximate surface area is 189 Å². The minimum atomic E-state index is -1.00. The highest BCUT2D eigenvalue weighted by Crippen LogP contribution is 2.32. The van der Waals surface area contributed by atoms with Crippen molar-refractivity contribution in [2.45, 2.75) is 19.3 Å². The Kier molecular flexibility index (Phi) is 5.99. The average molecular weight is 449 g/mol. The number of H-pyrrole nitrogens is 1. The number of hydrogen-bond acceptors (Lipinski definition) is 7. The van der Waals surface area contributed by atoms with E-state index in [-0.39, 0.29) is 23.8 Å². The lowest BCUT2D eigenvalue weighted by Crippen LogP contribution is -2.36. The number of hydrogen-bond donors (Lipinski definition) is 4. The molecule has 0 saturated carbocycles. The number of aryl methyl sites for hydroxylation is 1. The molecule has 0 fully saturated rings. The van der Waals surface area contributed by atoms with Gasteiger partial charge >= 0.3 is 0 Å². The van der Waals surface area contributed by atoms with Crippen LogP contribution in [0.1, 0.15) is 23.5 Å². The molecule has 0 radical (unpaired) electrons. The molecule has 0 spiro atoms. The van der Waals surface area contributed by atoms with Crippen LogP contribution in [0.15, 0.2) is 47.3 Å². The van der Waals surface area contributed by atoms with Crippen LogP contribution in [-0.4, -0.2) is 36.0 Å². The second-order valence-electron chi connectivity index (χ2n) is 7.48. The van der Waals surface area contributed by atoms with Gasteiger partial charge < -0.3 is 25.4 Å². The fraction of sp³-hybridized carbons (Fsp3) is 0.217. The third-order valence-corrected chi connectivity index (χ3v) is 5.33. The number of fused-ring (bicyclic) bond motifs is 1. The van der Waals surface area contributed by atoms with Gasteiger partial charge in [0.1, 0.15) is 17.3 Å². The van der Waals surface area contributed by atoms with Crippen LogP contribution in [0.4, 0.5) is 23.1 Å². The van der Waals surface area contributed by atoms with Gasteiger partial charge in [-0.3, -0.25) is 19.4 Å². The molecule has 1 aliphatic rings. The molecule has 4 N–H and O–H groups in total. The molecule has 2 amide bonds. The Morgan fingerprint density at radius 1 is 1.09 bits per heavy atom. The van der Waals surface area contributed by atoms with E-state index < -0.39 is 23.3 Å². The van der Waals surface area contributed by atoms with Crippen LogP contribution in [0.25, 0.3) is 0 Å². The molecule has 3 aromatic rings. The molecular weight excluding hydrogens is 426 g/mol. The number of nitrogens with one attached hydrogen (secondary N) is 4. The van der Waals surface area contributed by atoms with Crippen molar-refractivity contribution in [3.8, 4) is 11.5 Å². The van der Waals surface area contributed by atoms with Gasteiger partial charge in [-0.1, -0.05) is 18.2 Å². The summed E-state index contributed by atoms with van der Waals surface area (Å²) in [5.41, 5.74) is 1.49. The number of carbonyl (C=O) groups excluding carboxylic acids is 2. The number of carbonyl (C=O) groups is 2. The summed E-state index contributed by atoms with van der Waals surface area (Å²) in [5.74, 6) is -0.636. The predicted octanol–water partition coefficient (Wildman–Crippen LogP) is 2.90. The first kappa shape index (κ1) is 21.9. The van der Waals surface area contributed by atoms with Crippen molar-refractivity contribution in [1.82, 2.24) is 9.97 Å². The summed E-state index contributed by atoms with van der Waals surface area (Å²) in [5, 5.41) is 8.37. The van der Waals surface area contributed by atoms with Crippen molar-refractivity contribution < 1.29 is 19.1 Å². The van der Waals surface area contributed by atoms with Gasteiger partial charge in [0.25, 0.3) is 5.56 Å². The normalized spacial score (nSPS) is 14.6. The van der Waals surface area contributed by atoms with Crippen molar-refractivity contribution in [2.24, 2.45) is 0 Å². The maximum atomic E-state index is 13.1. The van der Waals surface area contributed by atoms with E-state index in [1.807, 2.05) is 6.92 Å². The minimum Gasteiger partial charge on any atom is -0.497 e. The molecule has 33 heavy (non-hydrogen) atoms. The molecule has 10 nitrogen and oxygen atoms in total. The first-order valence-electron chi connectivity index (χ1n) is 10.2. The lowest BCUT2D eigenvalue weighted by molar-refractivity contribution is -0.123. The zero-order chi connectivity index (χ0) is 23.5. The fourth-order valence-electron chi connectivity index (χ4n) is 3.61. The highest BCUT2D eigenvalue weighted by atomic mass is 16.5. The Morgan fingerprint density at radius 3 is 2.64 bits per heavy atom. The van der Waals surface area contributed by atoms with Gasteiger partial charge in [0.15, 0.2) is 0 Å². The van der Waals surface area contributed by atoms with Gasteiger partial charge in [0.05, 0.1) is 31.4 Å². The molecule has 0 saturated heterocycles. The van der Waals surface area contributed by atoms with Gasteiger partial charge in [-0.15, -0.1) is 0 Å². The maximum Gasteiger partial charge on any atom is 0.258 e. The van der Waals surface area contributed by atoms with E-state index in [1.165, 1.54) is 14.2 Å². The summed E-state index contributed by atoms with van der Waals surface area (Å²) >= 11 is 0. The molecule has 0 aliphatic carbocycles. The van der Waals surface area contributed by atoms with Crippen molar-refractivity contribution in [3.63, 3.8) is 0 Å². The molecule has 0 unspecified atom stereocenters. The van der Waals surface area contributed by atoms with Crippen molar-refractivity contribution >= 4 is 35.0 Å². The van der Waals surface area contributed by atoms with E-state index in [0.717, 1.165) is 5.56 Å². The van der Waals surface area contributed by atoms with Crippen molar-refractivity contribution in [3.05, 3.63) is 63.9 Å². The topological polar surface area (TPSA) is 134 Å². The van der Waals surface area contributed by atoms with E-state index in [0.29, 0.717) is 22.9 Å². The van der Waals surface area contributed by atoms with E-state index in [2.05, 4.69) is 25.9 Å². The fourth-order valence-corrected chi connectivity index (χ4v) is 3.61. The summed E-state index contributed by atoms with van der Waals surface area (Å²) in [6, 6.07) is 12.4. The average Bonchev–Trinajstić information content (AvgIpc) is 2.80. The highest BCUT2D eigenvalue weighted by Gasteiger charge is 2.35. The lowest BCUT2D eigenvalue weighted by Gasteiger charge is -2.24. The lowest BCUT2D eigenvalue weighted by atomic mass is 9.92. The first-order chi connectivity index (χ1) is 15.9. The van der Waals surface area contributed by atoms with Crippen LogP contribution in [0.3, 0.4) is 0 Å². The van der Waals surface area contributed by atoms with Crippen LogP contribution in [-0.2, 0) is 9.59 Å². The van der Waals surface area contributed by atoms with Crippen LogP contribution in [0.2, 0.25) is 0 Å². The quantitative estimate of drug-likeness (QED) is 0.454. The van der Waals surface area contributed by atoms with E-state index in [1.54, 1.807) is 42.5 Å². The zero-order valence-electron chi connectivity index (χ0n) is 18.3. The Morgan fingerprint density at radius 2 is 1.88 bits per heavy atom. The Bertz CT molecular complexity index is 1290. The van der Waals surface area contributed by atoms with Crippen LogP contribution < -0.4 is 31.0 Å². The van der Waals surface area contributed by atoms with Crippen LogP contribution in [0, 0.1) is 6.92 Å². The SMILES string of the molecule is COc1ccc(C)c(NC(=O)[C@@H]2CC(=O)Nc3nc(Nc4ccccc4OC)[nH]c(=O)c32)c1. The van der Waals surface area contributed by atoms with Crippen LogP contribution >= 0.6 is 0 Å². The molecule has 170 valence electrons. The van der Waals surface area contributed by atoms with Gasteiger partial charge in [0, 0.05) is 18.2 Å². The second kappa shape index (κ2) is 9.03. The van der Waals surface area contributed by atoms with Gasteiger partial charge in [-0.05, 0) is 30.7 Å². The molecule has 4 rings (SSSR count). The van der Waals surface area contributed by atoms with E-state index >= 15 is 0 Å². The molecule has 1 aliphatic heterocycles. The molecule has 2 aromatic carbocycles. The number of para-hydroxylation sites is 2. The number of aromatic nitrogens is 2.